The van der Waals surface area contributed by atoms with Crippen molar-refractivity contribution in [3.8, 4) is 23.0 Å². The summed E-state index contributed by atoms with van der Waals surface area (Å²) in [6, 6.07) is 7.13. The number of pyridine rings is 1. The molecule has 1 N–H and O–H groups in total. The van der Waals surface area contributed by atoms with Gasteiger partial charge in [0.2, 0.25) is 15.8 Å². The maximum absolute atomic E-state index is 13.0. The first-order chi connectivity index (χ1) is 13.5. The molecule has 0 radical (unpaired) electrons. The number of nitrogens with zero attached hydrogens (tertiary/aromatic N) is 4. The molecule has 13 heteroatoms. The standard InChI is InChI=1S/C16H11ClF3N5O3S/c1-29(26,27)25-14-15(28-11-5-6-12(17)21-8-11)22-13(23-24-14)9-3-2-4-10(7-9)16(18,19)20/h2-8H,1H3,(H,24,25). The Labute approximate surface area is 167 Å². The maximum Gasteiger partial charge on any atom is 0.416 e. The topological polar surface area (TPSA) is 107 Å². The summed E-state index contributed by atoms with van der Waals surface area (Å²) >= 11 is 5.70. The lowest BCUT2D eigenvalue weighted by Crippen LogP contribution is -2.13. The molecule has 8 nitrogen and oxygen atoms in total. The van der Waals surface area contributed by atoms with Gasteiger partial charge in [-0.05, 0) is 24.3 Å². The van der Waals surface area contributed by atoms with Crippen LogP contribution in [0.4, 0.5) is 19.0 Å². The largest absolute Gasteiger partial charge is 0.434 e. The number of nitrogens with one attached hydrogen (secondary N) is 1. The summed E-state index contributed by atoms with van der Waals surface area (Å²) in [5.41, 5.74) is -0.890. The molecular formula is C16H11ClF3N5O3S. The Balaban J connectivity index is 2.05. The maximum atomic E-state index is 13.0. The van der Waals surface area contributed by atoms with E-state index in [1.54, 1.807) is 0 Å². The van der Waals surface area contributed by atoms with Crippen LogP contribution >= 0.6 is 11.6 Å². The summed E-state index contributed by atoms with van der Waals surface area (Å²) in [5, 5.41) is 7.58. The summed E-state index contributed by atoms with van der Waals surface area (Å²) < 4.78 is 69.5. The van der Waals surface area contributed by atoms with E-state index in [0.717, 1.165) is 18.4 Å². The van der Waals surface area contributed by atoms with Crippen LogP contribution in [0.15, 0.2) is 42.6 Å². The minimum atomic E-state index is -4.56. The van der Waals surface area contributed by atoms with Gasteiger partial charge in [0.15, 0.2) is 5.82 Å². The van der Waals surface area contributed by atoms with E-state index in [-0.39, 0.29) is 34.0 Å². The molecule has 2 heterocycles. The Morgan fingerprint density at radius 1 is 1.14 bits per heavy atom. The van der Waals surface area contributed by atoms with Gasteiger partial charge in [-0.25, -0.2) is 13.4 Å². The van der Waals surface area contributed by atoms with Gasteiger partial charge in [0, 0.05) is 5.56 Å². The average Bonchev–Trinajstić information content (AvgIpc) is 2.63. The van der Waals surface area contributed by atoms with Crippen molar-refractivity contribution < 1.29 is 26.3 Å². The van der Waals surface area contributed by atoms with Crippen LogP contribution in [0.1, 0.15) is 5.56 Å². The van der Waals surface area contributed by atoms with Crippen molar-refractivity contribution >= 4 is 27.4 Å². The molecule has 0 fully saturated rings. The lowest BCUT2D eigenvalue weighted by Gasteiger charge is -2.11. The van der Waals surface area contributed by atoms with Crippen LogP contribution in [0.3, 0.4) is 0 Å². The quantitative estimate of drug-likeness (QED) is 0.595. The predicted molar refractivity (Wildman–Crippen MR) is 98.1 cm³/mol. The van der Waals surface area contributed by atoms with Gasteiger partial charge in [0.05, 0.1) is 18.0 Å². The number of hydrogen-bond donors (Lipinski definition) is 1. The van der Waals surface area contributed by atoms with E-state index in [2.05, 4.69) is 24.9 Å². The van der Waals surface area contributed by atoms with Gasteiger partial charge in [-0.15, -0.1) is 10.2 Å². The van der Waals surface area contributed by atoms with Crippen molar-refractivity contribution in [2.24, 2.45) is 0 Å². The highest BCUT2D eigenvalue weighted by Crippen LogP contribution is 2.33. The van der Waals surface area contributed by atoms with E-state index in [9.17, 15) is 21.6 Å². The molecule has 29 heavy (non-hydrogen) atoms. The van der Waals surface area contributed by atoms with Crippen molar-refractivity contribution in [1.29, 1.82) is 0 Å². The fourth-order valence-corrected chi connectivity index (χ4v) is 2.70. The number of halogens is 4. The van der Waals surface area contributed by atoms with Gasteiger partial charge in [-0.3, -0.25) is 4.72 Å². The van der Waals surface area contributed by atoms with Crippen LogP contribution in [-0.4, -0.2) is 34.8 Å². The van der Waals surface area contributed by atoms with Crippen LogP contribution in [0.2, 0.25) is 5.15 Å². The molecule has 0 aliphatic rings. The molecular weight excluding hydrogens is 435 g/mol. The SMILES string of the molecule is CS(=O)(=O)Nc1nnc(-c2cccc(C(F)(F)F)c2)nc1Oc1ccc(Cl)nc1. The number of sulfonamides is 1. The monoisotopic (exact) mass is 445 g/mol. The second-order valence-electron chi connectivity index (χ2n) is 5.66. The van der Waals surface area contributed by atoms with E-state index in [0.29, 0.717) is 0 Å². The van der Waals surface area contributed by atoms with Gasteiger partial charge in [0.25, 0.3) is 5.88 Å². The van der Waals surface area contributed by atoms with Crippen molar-refractivity contribution in [3.05, 3.63) is 53.3 Å². The number of hydrogen-bond acceptors (Lipinski definition) is 7. The Hall–Kier alpha value is -2.99. The smallest absolute Gasteiger partial charge is 0.416 e. The number of benzene rings is 1. The number of rotatable bonds is 5. The van der Waals surface area contributed by atoms with Crippen molar-refractivity contribution in [2.75, 3.05) is 11.0 Å². The van der Waals surface area contributed by atoms with Crippen LogP contribution in [0.5, 0.6) is 11.6 Å². The van der Waals surface area contributed by atoms with Gasteiger partial charge in [-0.1, -0.05) is 23.7 Å². The van der Waals surface area contributed by atoms with Gasteiger partial charge >= 0.3 is 6.18 Å². The molecule has 0 aliphatic carbocycles. The zero-order chi connectivity index (χ0) is 21.2. The molecule has 1 aromatic carbocycles. The minimum Gasteiger partial charge on any atom is -0.434 e. The third-order valence-corrected chi connectivity index (χ3v) is 4.09. The Morgan fingerprint density at radius 3 is 2.52 bits per heavy atom. The highest BCUT2D eigenvalue weighted by Gasteiger charge is 2.30. The molecule has 0 aliphatic heterocycles. The zero-order valence-electron chi connectivity index (χ0n) is 14.5. The van der Waals surface area contributed by atoms with E-state index < -0.39 is 21.8 Å². The molecule has 0 spiro atoms. The third-order valence-electron chi connectivity index (χ3n) is 3.30. The van der Waals surface area contributed by atoms with Gasteiger partial charge in [-0.2, -0.15) is 18.2 Å². The third kappa shape index (κ3) is 5.51. The second kappa shape index (κ2) is 7.79. The van der Waals surface area contributed by atoms with E-state index in [4.69, 9.17) is 16.3 Å². The van der Waals surface area contributed by atoms with Crippen LogP contribution in [0.25, 0.3) is 11.4 Å². The van der Waals surface area contributed by atoms with Crippen molar-refractivity contribution in [1.82, 2.24) is 20.2 Å². The molecule has 0 unspecified atom stereocenters. The summed E-state index contributed by atoms with van der Waals surface area (Å²) in [5.74, 6) is -0.742. The van der Waals surface area contributed by atoms with Crippen LogP contribution in [0, 0.1) is 0 Å². The summed E-state index contributed by atoms with van der Waals surface area (Å²) in [7, 11) is -3.76. The highest BCUT2D eigenvalue weighted by atomic mass is 35.5. The molecule has 152 valence electrons. The predicted octanol–water partition coefficient (Wildman–Crippen LogP) is 3.77. The molecule has 0 atom stereocenters. The van der Waals surface area contributed by atoms with Crippen LogP contribution in [-0.2, 0) is 16.2 Å². The van der Waals surface area contributed by atoms with Gasteiger partial charge in [0.1, 0.15) is 10.9 Å². The van der Waals surface area contributed by atoms with E-state index in [1.165, 1.54) is 30.5 Å². The molecule has 3 aromatic rings. The molecule has 2 aromatic heterocycles. The number of aromatic nitrogens is 4. The normalized spacial score (nSPS) is 11.9. The molecule has 0 saturated heterocycles. The Kier molecular flexibility index (Phi) is 5.57. The zero-order valence-corrected chi connectivity index (χ0v) is 16.0. The van der Waals surface area contributed by atoms with Crippen molar-refractivity contribution in [2.45, 2.75) is 6.18 Å². The summed E-state index contributed by atoms with van der Waals surface area (Å²) in [4.78, 5) is 7.83. The lowest BCUT2D eigenvalue weighted by atomic mass is 10.1. The van der Waals surface area contributed by atoms with E-state index in [1.807, 2.05) is 0 Å². The lowest BCUT2D eigenvalue weighted by molar-refractivity contribution is -0.137. The van der Waals surface area contributed by atoms with Gasteiger partial charge < -0.3 is 4.74 Å². The molecule has 0 saturated carbocycles. The summed E-state index contributed by atoms with van der Waals surface area (Å²) in [6.07, 6.45) is -2.43. The number of ether oxygens (including phenoxy) is 1. The minimum absolute atomic E-state index is 0.0114. The van der Waals surface area contributed by atoms with Crippen molar-refractivity contribution in [3.63, 3.8) is 0 Å². The van der Waals surface area contributed by atoms with Crippen LogP contribution < -0.4 is 9.46 Å². The fourth-order valence-electron chi connectivity index (χ4n) is 2.11. The molecule has 0 bridgehead atoms. The number of alkyl halides is 3. The first kappa shape index (κ1) is 20.7. The molecule has 3 rings (SSSR count). The molecule has 0 amide bonds. The first-order valence-electron chi connectivity index (χ1n) is 7.71. The summed E-state index contributed by atoms with van der Waals surface area (Å²) in [6.45, 7) is 0. The number of anilines is 1. The van der Waals surface area contributed by atoms with E-state index >= 15 is 0 Å². The Morgan fingerprint density at radius 2 is 1.90 bits per heavy atom. The average molecular weight is 446 g/mol. The highest BCUT2D eigenvalue weighted by molar-refractivity contribution is 7.92. The second-order valence-corrected chi connectivity index (χ2v) is 7.80. The first-order valence-corrected chi connectivity index (χ1v) is 9.98. The fraction of sp³-hybridized carbons (Fsp3) is 0.125. The Bertz CT molecular complexity index is 1140.